The van der Waals surface area contributed by atoms with Crippen LogP contribution in [0.4, 0.5) is 0 Å². The first-order chi connectivity index (χ1) is 7.72. The molecule has 0 aliphatic rings. The van der Waals surface area contributed by atoms with Crippen LogP contribution >= 0.6 is 23.1 Å². The summed E-state index contributed by atoms with van der Waals surface area (Å²) in [6.07, 6.45) is 0.867. The molecule has 0 saturated heterocycles. The molecule has 1 aromatic heterocycles. The summed E-state index contributed by atoms with van der Waals surface area (Å²) in [6, 6.07) is 6.22. The molecule has 0 aliphatic heterocycles. The van der Waals surface area contributed by atoms with Gasteiger partial charge in [-0.2, -0.15) is 5.26 Å². The Balaban J connectivity index is 2.21. The molecule has 0 spiro atoms. The van der Waals surface area contributed by atoms with Crippen LogP contribution in [0.15, 0.2) is 17.5 Å². The molecule has 1 heterocycles. The van der Waals surface area contributed by atoms with Crippen molar-refractivity contribution < 1.29 is 4.79 Å². The minimum Gasteiger partial charge on any atom is -0.353 e. The van der Waals surface area contributed by atoms with E-state index in [0.717, 1.165) is 6.42 Å². The summed E-state index contributed by atoms with van der Waals surface area (Å²) in [7, 11) is 0. The number of thiophene rings is 1. The van der Waals surface area contributed by atoms with E-state index in [2.05, 4.69) is 11.4 Å². The summed E-state index contributed by atoms with van der Waals surface area (Å²) in [5.41, 5.74) is 0. The standard InChI is InChI=1S/C11H14N2OS2/c1-9(7-10-3-2-5-16-10)13-11(14)8-15-6-4-12/h2-3,5,9H,6-8H2,1H3,(H,13,14). The molecule has 16 heavy (non-hydrogen) atoms. The van der Waals surface area contributed by atoms with Gasteiger partial charge in [0.05, 0.1) is 17.6 Å². The van der Waals surface area contributed by atoms with Gasteiger partial charge in [-0.05, 0) is 18.4 Å². The van der Waals surface area contributed by atoms with Crippen molar-refractivity contribution in [2.75, 3.05) is 11.5 Å². The Morgan fingerprint density at radius 1 is 1.75 bits per heavy atom. The number of carbonyl (C=O) groups is 1. The first kappa shape index (κ1) is 13.1. The Morgan fingerprint density at radius 2 is 2.56 bits per heavy atom. The summed E-state index contributed by atoms with van der Waals surface area (Å²) in [4.78, 5) is 12.7. The highest BCUT2D eigenvalue weighted by molar-refractivity contribution is 8.00. The second-order valence-corrected chi connectivity index (χ2v) is 5.42. The molecule has 1 amide bonds. The summed E-state index contributed by atoms with van der Waals surface area (Å²) in [6.45, 7) is 1.99. The molecule has 3 nitrogen and oxygen atoms in total. The summed E-state index contributed by atoms with van der Waals surface area (Å²) in [5, 5.41) is 13.3. The first-order valence-corrected chi connectivity index (χ1v) is 7.02. The fraction of sp³-hybridized carbons (Fsp3) is 0.455. The molecule has 86 valence electrons. The zero-order chi connectivity index (χ0) is 11.8. The Kier molecular flexibility index (Phi) is 5.98. The van der Waals surface area contributed by atoms with Crippen LogP contribution in [0.25, 0.3) is 0 Å². The van der Waals surface area contributed by atoms with Gasteiger partial charge in [0.2, 0.25) is 5.91 Å². The SMILES string of the molecule is CC(Cc1cccs1)NC(=O)CSCC#N. The van der Waals surface area contributed by atoms with Crippen LogP contribution in [-0.4, -0.2) is 23.5 Å². The maximum Gasteiger partial charge on any atom is 0.230 e. The highest BCUT2D eigenvalue weighted by Gasteiger charge is 2.08. The zero-order valence-electron chi connectivity index (χ0n) is 9.10. The van der Waals surface area contributed by atoms with Gasteiger partial charge in [-0.1, -0.05) is 6.07 Å². The molecule has 0 radical (unpaired) electrons. The van der Waals surface area contributed by atoms with Gasteiger partial charge in [-0.15, -0.1) is 23.1 Å². The van der Waals surface area contributed by atoms with Crippen LogP contribution in [0.2, 0.25) is 0 Å². The Hall–Kier alpha value is -0.990. The molecule has 1 unspecified atom stereocenters. The van der Waals surface area contributed by atoms with Gasteiger partial charge in [0.1, 0.15) is 0 Å². The molecule has 0 aliphatic carbocycles. The number of amides is 1. The summed E-state index contributed by atoms with van der Waals surface area (Å²) >= 11 is 3.04. The second-order valence-electron chi connectivity index (χ2n) is 3.40. The van der Waals surface area contributed by atoms with Gasteiger partial charge < -0.3 is 5.32 Å². The molecular formula is C11H14N2OS2. The largest absolute Gasteiger partial charge is 0.353 e. The number of thioether (sulfide) groups is 1. The average molecular weight is 254 g/mol. The third kappa shape index (κ3) is 5.19. The smallest absolute Gasteiger partial charge is 0.230 e. The normalized spacial score (nSPS) is 11.8. The van der Waals surface area contributed by atoms with Crippen molar-refractivity contribution in [3.63, 3.8) is 0 Å². The van der Waals surface area contributed by atoms with E-state index in [1.165, 1.54) is 16.6 Å². The Bertz CT molecular complexity index is 357. The van der Waals surface area contributed by atoms with Crippen molar-refractivity contribution in [1.82, 2.24) is 5.32 Å². The van der Waals surface area contributed by atoms with Crippen molar-refractivity contribution in [1.29, 1.82) is 5.26 Å². The maximum atomic E-state index is 11.4. The van der Waals surface area contributed by atoms with Crippen LogP contribution in [0.5, 0.6) is 0 Å². The number of hydrogen-bond acceptors (Lipinski definition) is 4. The van der Waals surface area contributed by atoms with Gasteiger partial charge in [0.15, 0.2) is 0 Å². The van der Waals surface area contributed by atoms with E-state index in [-0.39, 0.29) is 11.9 Å². The van der Waals surface area contributed by atoms with Gasteiger partial charge in [-0.25, -0.2) is 0 Å². The molecule has 1 N–H and O–H groups in total. The molecule has 1 rings (SSSR count). The summed E-state index contributed by atoms with van der Waals surface area (Å²) < 4.78 is 0. The van der Waals surface area contributed by atoms with Crippen LogP contribution in [-0.2, 0) is 11.2 Å². The number of nitrogens with one attached hydrogen (secondary N) is 1. The minimum absolute atomic E-state index is 0.00399. The van der Waals surface area contributed by atoms with Gasteiger partial charge in [0, 0.05) is 17.3 Å². The van der Waals surface area contributed by atoms with E-state index >= 15 is 0 Å². The lowest BCUT2D eigenvalue weighted by Gasteiger charge is -2.12. The van der Waals surface area contributed by atoms with Gasteiger partial charge in [-0.3, -0.25) is 4.79 Å². The van der Waals surface area contributed by atoms with Crippen LogP contribution in [0, 0.1) is 11.3 Å². The molecule has 0 aromatic carbocycles. The lowest BCUT2D eigenvalue weighted by molar-refractivity contribution is -0.119. The van der Waals surface area contributed by atoms with Crippen LogP contribution in [0.3, 0.4) is 0 Å². The van der Waals surface area contributed by atoms with Crippen LogP contribution in [0.1, 0.15) is 11.8 Å². The summed E-state index contributed by atoms with van der Waals surface area (Å²) in [5.74, 6) is 0.735. The lowest BCUT2D eigenvalue weighted by Crippen LogP contribution is -2.35. The van der Waals surface area contributed by atoms with Crippen molar-refractivity contribution in [3.05, 3.63) is 22.4 Å². The fourth-order valence-corrected chi connectivity index (χ4v) is 2.58. The molecule has 0 bridgehead atoms. The Labute approximate surface area is 104 Å². The van der Waals surface area contributed by atoms with Crippen LogP contribution < -0.4 is 5.32 Å². The fourth-order valence-electron chi connectivity index (χ4n) is 1.29. The maximum absolute atomic E-state index is 11.4. The van der Waals surface area contributed by atoms with E-state index in [1.807, 2.05) is 24.4 Å². The third-order valence-corrected chi connectivity index (χ3v) is 3.59. The lowest BCUT2D eigenvalue weighted by atomic mass is 10.2. The molecule has 0 fully saturated rings. The molecular weight excluding hydrogens is 240 g/mol. The van der Waals surface area contributed by atoms with Crippen molar-refractivity contribution in [2.45, 2.75) is 19.4 Å². The quantitative estimate of drug-likeness (QED) is 0.791. The van der Waals surface area contributed by atoms with E-state index in [9.17, 15) is 4.79 Å². The van der Waals surface area contributed by atoms with E-state index < -0.39 is 0 Å². The van der Waals surface area contributed by atoms with Crippen molar-refractivity contribution >= 4 is 29.0 Å². The van der Waals surface area contributed by atoms with Gasteiger partial charge >= 0.3 is 0 Å². The van der Waals surface area contributed by atoms with Crippen molar-refractivity contribution in [2.24, 2.45) is 0 Å². The monoisotopic (exact) mass is 254 g/mol. The minimum atomic E-state index is 0.00399. The number of rotatable bonds is 6. The van der Waals surface area contributed by atoms with Gasteiger partial charge in [0.25, 0.3) is 0 Å². The van der Waals surface area contributed by atoms with Crippen molar-refractivity contribution in [3.8, 4) is 6.07 Å². The highest BCUT2D eigenvalue weighted by atomic mass is 32.2. The first-order valence-electron chi connectivity index (χ1n) is 4.99. The number of carbonyl (C=O) groups excluding carboxylic acids is 1. The molecule has 0 saturated carbocycles. The number of nitrogens with zero attached hydrogens (tertiary/aromatic N) is 1. The third-order valence-electron chi connectivity index (χ3n) is 1.89. The average Bonchev–Trinajstić information content (AvgIpc) is 2.70. The van der Waals surface area contributed by atoms with E-state index in [0.29, 0.717) is 11.5 Å². The van der Waals surface area contributed by atoms with E-state index in [4.69, 9.17) is 5.26 Å². The molecule has 1 atom stereocenters. The topological polar surface area (TPSA) is 52.9 Å². The van der Waals surface area contributed by atoms with E-state index in [1.54, 1.807) is 11.3 Å². The zero-order valence-corrected chi connectivity index (χ0v) is 10.7. The molecule has 5 heteroatoms. The predicted molar refractivity (Wildman–Crippen MR) is 68.6 cm³/mol. The Morgan fingerprint density at radius 3 is 3.19 bits per heavy atom. The number of hydrogen-bond donors (Lipinski definition) is 1. The highest BCUT2D eigenvalue weighted by Crippen LogP contribution is 2.11. The number of nitriles is 1. The second kappa shape index (κ2) is 7.31. The predicted octanol–water partition coefficient (Wildman–Crippen LogP) is 2.05. The molecule has 1 aromatic rings.